The van der Waals surface area contributed by atoms with Crippen molar-refractivity contribution in [2.75, 3.05) is 0 Å². The number of carbonyl (C=O) groups excluding carboxylic acids is 1. The zero-order valence-electron chi connectivity index (χ0n) is 10.7. The Morgan fingerprint density at radius 1 is 1.21 bits per heavy atom. The van der Waals surface area contributed by atoms with E-state index in [0.29, 0.717) is 5.75 Å². The molecule has 0 heterocycles. The van der Waals surface area contributed by atoms with E-state index in [-0.39, 0.29) is 0 Å². The van der Waals surface area contributed by atoms with Gasteiger partial charge in [-0.2, -0.15) is 0 Å². The van der Waals surface area contributed by atoms with Crippen LogP contribution in [0.5, 0.6) is 5.75 Å². The molecule has 6 nitrogen and oxygen atoms in total. The van der Waals surface area contributed by atoms with Crippen molar-refractivity contribution < 1.29 is 24.5 Å². The summed E-state index contributed by atoms with van der Waals surface area (Å²) in [5.74, 6) is -1.39. The van der Waals surface area contributed by atoms with Crippen molar-refractivity contribution in [2.45, 2.75) is 32.1 Å². The number of amides is 1. The van der Waals surface area contributed by atoms with E-state index in [2.05, 4.69) is 5.32 Å². The molecule has 104 valence electrons. The van der Waals surface area contributed by atoms with Crippen LogP contribution in [0.15, 0.2) is 30.3 Å². The van der Waals surface area contributed by atoms with Crippen LogP contribution in [-0.4, -0.2) is 40.3 Å². The Bertz CT molecular complexity index is 432. The van der Waals surface area contributed by atoms with Gasteiger partial charge in [-0.3, -0.25) is 4.79 Å². The average molecular weight is 267 g/mol. The Balaban J connectivity index is 2.60. The van der Waals surface area contributed by atoms with Gasteiger partial charge in [0.05, 0.1) is 6.10 Å². The van der Waals surface area contributed by atoms with E-state index < -0.39 is 30.1 Å². The van der Waals surface area contributed by atoms with Gasteiger partial charge >= 0.3 is 5.97 Å². The fourth-order valence-electron chi connectivity index (χ4n) is 1.42. The summed E-state index contributed by atoms with van der Waals surface area (Å²) >= 11 is 0. The van der Waals surface area contributed by atoms with Crippen LogP contribution in [0.2, 0.25) is 0 Å². The summed E-state index contributed by atoms with van der Waals surface area (Å²) in [6.45, 7) is 2.80. The fourth-order valence-corrected chi connectivity index (χ4v) is 1.42. The maximum atomic E-state index is 11.8. The van der Waals surface area contributed by atoms with Crippen molar-refractivity contribution in [3.63, 3.8) is 0 Å². The number of aliphatic hydroxyl groups is 1. The minimum atomic E-state index is -1.35. The molecule has 3 atom stereocenters. The van der Waals surface area contributed by atoms with Crippen molar-refractivity contribution >= 4 is 11.9 Å². The van der Waals surface area contributed by atoms with E-state index >= 15 is 0 Å². The van der Waals surface area contributed by atoms with Gasteiger partial charge in [-0.05, 0) is 26.0 Å². The lowest BCUT2D eigenvalue weighted by molar-refractivity contribution is -0.145. The van der Waals surface area contributed by atoms with E-state index in [1.807, 2.05) is 6.07 Å². The van der Waals surface area contributed by atoms with Crippen molar-refractivity contribution in [3.05, 3.63) is 30.3 Å². The third-order valence-corrected chi connectivity index (χ3v) is 2.47. The first-order valence-electron chi connectivity index (χ1n) is 5.84. The van der Waals surface area contributed by atoms with Crippen LogP contribution in [0.3, 0.4) is 0 Å². The molecule has 19 heavy (non-hydrogen) atoms. The molecule has 1 aromatic carbocycles. The second kappa shape index (κ2) is 6.75. The molecule has 0 saturated heterocycles. The van der Waals surface area contributed by atoms with Gasteiger partial charge in [0.1, 0.15) is 5.75 Å². The second-order valence-corrected chi connectivity index (χ2v) is 4.14. The number of aliphatic carboxylic acids is 1. The molecule has 0 aliphatic heterocycles. The summed E-state index contributed by atoms with van der Waals surface area (Å²) in [7, 11) is 0. The van der Waals surface area contributed by atoms with Crippen LogP contribution in [0.1, 0.15) is 13.8 Å². The van der Waals surface area contributed by atoms with Crippen molar-refractivity contribution in [2.24, 2.45) is 0 Å². The molecule has 1 rings (SSSR count). The molecule has 0 spiro atoms. The number of hydrogen-bond donors (Lipinski definition) is 3. The van der Waals surface area contributed by atoms with E-state index in [4.69, 9.17) is 9.84 Å². The van der Waals surface area contributed by atoms with Crippen LogP contribution in [0.4, 0.5) is 0 Å². The minimum absolute atomic E-state index is 0.508. The van der Waals surface area contributed by atoms with E-state index in [9.17, 15) is 14.7 Å². The first-order chi connectivity index (χ1) is 8.91. The quantitative estimate of drug-likeness (QED) is 0.693. The molecule has 0 aliphatic rings. The molecule has 0 aliphatic carbocycles. The largest absolute Gasteiger partial charge is 0.481 e. The molecule has 3 N–H and O–H groups in total. The zero-order chi connectivity index (χ0) is 14.4. The number of carbonyl (C=O) groups is 2. The Kier molecular flexibility index (Phi) is 5.32. The summed E-state index contributed by atoms with van der Waals surface area (Å²) in [5.41, 5.74) is 0. The number of nitrogens with one attached hydrogen (secondary N) is 1. The topological polar surface area (TPSA) is 95.9 Å². The van der Waals surface area contributed by atoms with E-state index in [1.54, 1.807) is 24.3 Å². The maximum Gasteiger partial charge on any atom is 0.328 e. The number of benzene rings is 1. The molecule has 0 fully saturated rings. The first-order valence-corrected chi connectivity index (χ1v) is 5.84. The Hall–Kier alpha value is -2.08. The normalized spacial score (nSPS) is 15.1. The molecular weight excluding hydrogens is 250 g/mol. The van der Waals surface area contributed by atoms with Gasteiger partial charge in [-0.1, -0.05) is 18.2 Å². The predicted molar refractivity (Wildman–Crippen MR) is 67.8 cm³/mol. The van der Waals surface area contributed by atoms with Gasteiger partial charge in [0, 0.05) is 0 Å². The highest BCUT2D eigenvalue weighted by molar-refractivity contribution is 5.86. The lowest BCUT2D eigenvalue weighted by atomic mass is 10.2. The third kappa shape index (κ3) is 4.59. The van der Waals surface area contributed by atoms with Crippen LogP contribution >= 0.6 is 0 Å². The van der Waals surface area contributed by atoms with Crippen LogP contribution in [0, 0.1) is 0 Å². The van der Waals surface area contributed by atoms with E-state index in [1.165, 1.54) is 13.8 Å². The molecule has 0 bridgehead atoms. The van der Waals surface area contributed by atoms with Crippen LogP contribution in [-0.2, 0) is 9.59 Å². The van der Waals surface area contributed by atoms with E-state index in [0.717, 1.165) is 0 Å². The van der Waals surface area contributed by atoms with Crippen molar-refractivity contribution in [1.29, 1.82) is 0 Å². The molecule has 0 aromatic heterocycles. The molecule has 0 radical (unpaired) electrons. The smallest absolute Gasteiger partial charge is 0.328 e. The fraction of sp³-hybridized carbons (Fsp3) is 0.385. The van der Waals surface area contributed by atoms with Gasteiger partial charge in [-0.15, -0.1) is 0 Å². The maximum absolute atomic E-state index is 11.8. The highest BCUT2D eigenvalue weighted by atomic mass is 16.5. The van der Waals surface area contributed by atoms with Gasteiger partial charge in [-0.25, -0.2) is 4.79 Å². The Labute approximate surface area is 111 Å². The summed E-state index contributed by atoms with van der Waals surface area (Å²) in [5, 5.41) is 20.3. The number of ether oxygens (including phenoxy) is 1. The number of aliphatic hydroxyl groups excluding tert-OH is 1. The second-order valence-electron chi connectivity index (χ2n) is 4.14. The van der Waals surface area contributed by atoms with Crippen molar-refractivity contribution in [1.82, 2.24) is 5.32 Å². The predicted octanol–water partition coefficient (Wildman–Crippen LogP) is 0.404. The third-order valence-electron chi connectivity index (χ3n) is 2.47. The molecule has 1 amide bonds. The van der Waals surface area contributed by atoms with Gasteiger partial charge in [0.2, 0.25) is 0 Å². The highest BCUT2D eigenvalue weighted by Crippen LogP contribution is 2.10. The number of rotatable bonds is 6. The summed E-state index contributed by atoms with van der Waals surface area (Å²) in [6, 6.07) is 7.35. The minimum Gasteiger partial charge on any atom is -0.481 e. The van der Waals surface area contributed by atoms with Crippen LogP contribution in [0.25, 0.3) is 0 Å². The molecule has 3 unspecified atom stereocenters. The highest BCUT2D eigenvalue weighted by Gasteiger charge is 2.27. The SMILES string of the molecule is CC(Oc1ccccc1)C(=O)NC(C(=O)O)C(C)O. The number of para-hydroxylation sites is 1. The lowest BCUT2D eigenvalue weighted by Gasteiger charge is -2.20. The molecule has 1 aromatic rings. The molecular formula is C13H17NO5. The zero-order valence-corrected chi connectivity index (χ0v) is 10.7. The van der Waals surface area contributed by atoms with Crippen LogP contribution < -0.4 is 10.1 Å². The number of hydrogen-bond acceptors (Lipinski definition) is 4. The number of carboxylic acids is 1. The Morgan fingerprint density at radius 3 is 2.26 bits per heavy atom. The standard InChI is InChI=1S/C13H17NO5/c1-8(15)11(13(17)18)14-12(16)9(2)19-10-6-4-3-5-7-10/h3-9,11,15H,1-2H3,(H,14,16)(H,17,18). The van der Waals surface area contributed by atoms with Gasteiger partial charge in [0.15, 0.2) is 12.1 Å². The molecule has 6 heteroatoms. The Morgan fingerprint density at radius 2 is 1.79 bits per heavy atom. The summed E-state index contributed by atoms with van der Waals surface area (Å²) in [6.07, 6.45) is -2.05. The lowest BCUT2D eigenvalue weighted by Crippen LogP contribution is -2.51. The van der Waals surface area contributed by atoms with Gasteiger partial charge < -0.3 is 20.3 Å². The summed E-state index contributed by atoms with van der Waals surface area (Å²) in [4.78, 5) is 22.6. The van der Waals surface area contributed by atoms with Crippen molar-refractivity contribution in [3.8, 4) is 5.75 Å². The average Bonchev–Trinajstić information content (AvgIpc) is 2.35. The summed E-state index contributed by atoms with van der Waals surface area (Å²) < 4.78 is 5.35. The number of carboxylic acid groups (broad SMARTS) is 1. The van der Waals surface area contributed by atoms with Gasteiger partial charge in [0.25, 0.3) is 5.91 Å². The first kappa shape index (κ1) is 15.0. The monoisotopic (exact) mass is 267 g/mol. The molecule has 0 saturated carbocycles.